The van der Waals surface area contributed by atoms with E-state index >= 15 is 0 Å². The number of carbonyl (C=O) groups excluding carboxylic acids is 1. The van der Waals surface area contributed by atoms with E-state index in [1.165, 1.54) is 11.3 Å². The van der Waals surface area contributed by atoms with Crippen LogP contribution in [-0.2, 0) is 10.3 Å². The topological polar surface area (TPSA) is 55.1 Å². The van der Waals surface area contributed by atoms with Crippen molar-refractivity contribution >= 4 is 41.3 Å². The lowest BCUT2D eigenvalue weighted by Gasteiger charge is -2.26. The van der Waals surface area contributed by atoms with Gasteiger partial charge in [-0.3, -0.25) is 4.79 Å². The SMILES string of the molecule is CC(NC(=O)C(C)(N)c1ccccc1)c1ccc(Cl)s1.Cl. The first-order chi connectivity index (χ1) is 9.41. The van der Waals surface area contributed by atoms with Crippen LogP contribution in [0.15, 0.2) is 42.5 Å². The lowest BCUT2D eigenvalue weighted by Crippen LogP contribution is -2.49. The minimum absolute atomic E-state index is 0. The minimum atomic E-state index is -1.06. The molecule has 21 heavy (non-hydrogen) atoms. The molecule has 6 heteroatoms. The van der Waals surface area contributed by atoms with Crippen molar-refractivity contribution in [1.82, 2.24) is 5.32 Å². The second-order valence-corrected chi connectivity index (χ2v) is 6.65. The van der Waals surface area contributed by atoms with Gasteiger partial charge in [-0.15, -0.1) is 23.7 Å². The first kappa shape index (κ1) is 18.0. The van der Waals surface area contributed by atoms with Crippen LogP contribution in [0.2, 0.25) is 4.34 Å². The van der Waals surface area contributed by atoms with Crippen LogP contribution in [0.4, 0.5) is 0 Å². The fourth-order valence-corrected chi connectivity index (χ4v) is 2.96. The summed E-state index contributed by atoms with van der Waals surface area (Å²) in [6.45, 7) is 3.63. The number of halogens is 2. The Morgan fingerprint density at radius 1 is 1.29 bits per heavy atom. The highest BCUT2D eigenvalue weighted by Crippen LogP contribution is 2.27. The van der Waals surface area contributed by atoms with Gasteiger partial charge in [0.2, 0.25) is 5.91 Å². The summed E-state index contributed by atoms with van der Waals surface area (Å²) in [7, 11) is 0. The largest absolute Gasteiger partial charge is 0.347 e. The molecule has 0 aliphatic carbocycles. The Morgan fingerprint density at radius 3 is 2.43 bits per heavy atom. The third-order valence-electron chi connectivity index (χ3n) is 3.21. The number of hydrogen-bond acceptors (Lipinski definition) is 3. The third kappa shape index (κ3) is 4.20. The Hall–Kier alpha value is -1.07. The van der Waals surface area contributed by atoms with Crippen molar-refractivity contribution in [2.75, 3.05) is 0 Å². The molecule has 0 radical (unpaired) electrons. The molecule has 2 rings (SSSR count). The van der Waals surface area contributed by atoms with E-state index in [1.54, 1.807) is 6.92 Å². The second-order valence-electron chi connectivity index (χ2n) is 4.91. The molecule has 0 bridgehead atoms. The molecule has 0 aliphatic heterocycles. The van der Waals surface area contributed by atoms with Gasteiger partial charge in [-0.2, -0.15) is 0 Å². The maximum atomic E-state index is 12.4. The van der Waals surface area contributed by atoms with Crippen LogP contribution in [-0.4, -0.2) is 5.91 Å². The molecule has 1 amide bonds. The smallest absolute Gasteiger partial charge is 0.244 e. The number of nitrogens with two attached hydrogens (primary N) is 1. The first-order valence-electron chi connectivity index (χ1n) is 6.32. The van der Waals surface area contributed by atoms with Crippen molar-refractivity contribution in [3.63, 3.8) is 0 Å². The van der Waals surface area contributed by atoms with Gasteiger partial charge in [0.15, 0.2) is 0 Å². The summed E-state index contributed by atoms with van der Waals surface area (Å²) >= 11 is 7.36. The van der Waals surface area contributed by atoms with E-state index in [2.05, 4.69) is 5.32 Å². The molecule has 1 aromatic heterocycles. The van der Waals surface area contributed by atoms with Gasteiger partial charge in [-0.25, -0.2) is 0 Å². The summed E-state index contributed by atoms with van der Waals surface area (Å²) in [5, 5.41) is 2.94. The highest BCUT2D eigenvalue weighted by atomic mass is 35.5. The van der Waals surface area contributed by atoms with Gasteiger partial charge in [0.1, 0.15) is 5.54 Å². The Balaban J connectivity index is 0.00000220. The molecule has 0 fully saturated rings. The molecule has 3 nitrogen and oxygen atoms in total. The van der Waals surface area contributed by atoms with E-state index in [0.717, 1.165) is 10.4 Å². The zero-order valence-corrected chi connectivity index (χ0v) is 14.2. The van der Waals surface area contributed by atoms with E-state index in [9.17, 15) is 4.79 Å². The lowest BCUT2D eigenvalue weighted by atomic mass is 9.92. The molecule has 114 valence electrons. The average molecular weight is 345 g/mol. The fourth-order valence-electron chi connectivity index (χ4n) is 1.89. The lowest BCUT2D eigenvalue weighted by molar-refractivity contribution is -0.126. The predicted molar refractivity (Wildman–Crippen MR) is 91.1 cm³/mol. The monoisotopic (exact) mass is 344 g/mol. The van der Waals surface area contributed by atoms with Crippen molar-refractivity contribution in [2.45, 2.75) is 25.4 Å². The fraction of sp³-hybridized carbons (Fsp3) is 0.267. The van der Waals surface area contributed by atoms with Crippen LogP contribution in [0, 0.1) is 0 Å². The molecule has 1 aromatic carbocycles. The molecule has 2 atom stereocenters. The molecule has 3 N–H and O–H groups in total. The van der Waals surface area contributed by atoms with E-state index in [0.29, 0.717) is 4.34 Å². The summed E-state index contributed by atoms with van der Waals surface area (Å²) < 4.78 is 0.708. The van der Waals surface area contributed by atoms with Crippen molar-refractivity contribution in [3.05, 3.63) is 57.2 Å². The van der Waals surface area contributed by atoms with Crippen molar-refractivity contribution in [1.29, 1.82) is 0 Å². The predicted octanol–water partition coefficient (Wildman–Crippen LogP) is 3.87. The molecule has 0 aliphatic rings. The summed E-state index contributed by atoms with van der Waals surface area (Å²) in [6, 6.07) is 13.0. The molecule has 0 saturated heterocycles. The number of benzene rings is 1. The van der Waals surface area contributed by atoms with Crippen LogP contribution in [0.25, 0.3) is 0 Å². The van der Waals surface area contributed by atoms with Crippen LogP contribution in [0.5, 0.6) is 0 Å². The highest BCUT2D eigenvalue weighted by molar-refractivity contribution is 7.16. The van der Waals surface area contributed by atoms with Gasteiger partial charge in [0.05, 0.1) is 10.4 Å². The third-order valence-corrected chi connectivity index (χ3v) is 4.63. The second kappa shape index (κ2) is 7.27. The van der Waals surface area contributed by atoms with E-state index < -0.39 is 5.54 Å². The zero-order chi connectivity index (χ0) is 14.8. The minimum Gasteiger partial charge on any atom is -0.347 e. The summed E-state index contributed by atoms with van der Waals surface area (Å²) in [5.41, 5.74) is 5.91. The number of amides is 1. The number of nitrogens with one attached hydrogen (secondary N) is 1. The van der Waals surface area contributed by atoms with E-state index in [-0.39, 0.29) is 24.4 Å². The Kier molecular flexibility index (Phi) is 6.23. The van der Waals surface area contributed by atoms with Crippen LogP contribution in [0.1, 0.15) is 30.3 Å². The Bertz CT molecular complexity index is 599. The van der Waals surface area contributed by atoms with Crippen molar-refractivity contribution in [3.8, 4) is 0 Å². The number of carbonyl (C=O) groups is 1. The highest BCUT2D eigenvalue weighted by Gasteiger charge is 2.31. The summed E-state index contributed by atoms with van der Waals surface area (Å²) in [5.74, 6) is -0.208. The van der Waals surface area contributed by atoms with Crippen LogP contribution >= 0.6 is 35.3 Å². The number of rotatable bonds is 4. The Morgan fingerprint density at radius 2 is 1.90 bits per heavy atom. The molecule has 2 unspecified atom stereocenters. The average Bonchev–Trinajstić information content (AvgIpc) is 2.86. The van der Waals surface area contributed by atoms with Gasteiger partial charge >= 0.3 is 0 Å². The van der Waals surface area contributed by atoms with E-state index in [4.69, 9.17) is 17.3 Å². The summed E-state index contributed by atoms with van der Waals surface area (Å²) in [4.78, 5) is 13.4. The van der Waals surface area contributed by atoms with Crippen molar-refractivity contribution < 1.29 is 4.79 Å². The van der Waals surface area contributed by atoms with Gasteiger partial charge in [0, 0.05) is 4.88 Å². The summed E-state index contributed by atoms with van der Waals surface area (Å²) in [6.07, 6.45) is 0. The van der Waals surface area contributed by atoms with Gasteiger partial charge < -0.3 is 11.1 Å². The number of thiophene rings is 1. The standard InChI is InChI=1S/C15H17ClN2OS.ClH/c1-10(12-8-9-13(16)20-12)18-14(19)15(2,17)11-6-4-3-5-7-11;/h3-10H,17H2,1-2H3,(H,18,19);1H. The molecule has 1 heterocycles. The zero-order valence-electron chi connectivity index (χ0n) is 11.8. The van der Waals surface area contributed by atoms with Crippen molar-refractivity contribution in [2.24, 2.45) is 5.73 Å². The van der Waals surface area contributed by atoms with E-state index in [1.807, 2.05) is 49.4 Å². The van der Waals surface area contributed by atoms with Gasteiger partial charge in [0.25, 0.3) is 0 Å². The van der Waals surface area contributed by atoms with Crippen LogP contribution in [0.3, 0.4) is 0 Å². The first-order valence-corrected chi connectivity index (χ1v) is 7.51. The Labute approximate surface area is 139 Å². The van der Waals surface area contributed by atoms with Gasteiger partial charge in [-0.1, -0.05) is 41.9 Å². The molecule has 2 aromatic rings. The molecular weight excluding hydrogens is 327 g/mol. The van der Waals surface area contributed by atoms with Gasteiger partial charge in [-0.05, 0) is 31.5 Å². The molecule has 0 spiro atoms. The normalized spacial score (nSPS) is 14.7. The quantitative estimate of drug-likeness (QED) is 0.884. The molecule has 0 saturated carbocycles. The number of hydrogen-bond donors (Lipinski definition) is 2. The maximum Gasteiger partial charge on any atom is 0.244 e. The molecular formula is C15H18Cl2N2OS. The maximum absolute atomic E-state index is 12.4. The van der Waals surface area contributed by atoms with Crippen LogP contribution < -0.4 is 11.1 Å².